The van der Waals surface area contributed by atoms with Crippen LogP contribution in [-0.2, 0) is 5.75 Å². The molecule has 2 aromatic rings. The molecule has 0 unspecified atom stereocenters. The summed E-state index contributed by atoms with van der Waals surface area (Å²) in [5.41, 5.74) is 0.761. The standard InChI is InChI=1S/C14H9FN2O2S/c15-12-6-5-10(7-11(12)8-16)9-20-14-4-2-1-3-13(14)17(18)19/h1-7H,9H2. The normalized spacial score (nSPS) is 10.0. The van der Waals surface area contributed by atoms with E-state index in [1.54, 1.807) is 30.3 Å². The lowest BCUT2D eigenvalue weighted by molar-refractivity contribution is -0.387. The summed E-state index contributed by atoms with van der Waals surface area (Å²) in [4.78, 5) is 11.0. The molecule has 0 atom stereocenters. The van der Waals surface area contributed by atoms with E-state index in [2.05, 4.69) is 0 Å². The fraction of sp³-hybridized carbons (Fsp3) is 0.0714. The first-order chi connectivity index (χ1) is 9.61. The van der Waals surface area contributed by atoms with Crippen LogP contribution in [0.25, 0.3) is 0 Å². The Balaban J connectivity index is 2.17. The Hall–Kier alpha value is -2.39. The fourth-order valence-corrected chi connectivity index (χ4v) is 2.61. The predicted molar refractivity (Wildman–Crippen MR) is 73.8 cm³/mol. The van der Waals surface area contributed by atoms with Gasteiger partial charge in [-0.25, -0.2) is 4.39 Å². The van der Waals surface area contributed by atoms with E-state index in [4.69, 9.17) is 5.26 Å². The number of halogens is 1. The lowest BCUT2D eigenvalue weighted by atomic mass is 10.1. The van der Waals surface area contributed by atoms with Gasteiger partial charge in [0.1, 0.15) is 11.9 Å². The minimum atomic E-state index is -0.563. The van der Waals surface area contributed by atoms with Crippen LogP contribution in [0.15, 0.2) is 47.4 Å². The Kier molecular flexibility index (Phi) is 4.33. The van der Waals surface area contributed by atoms with Gasteiger partial charge in [0.05, 0.1) is 15.4 Å². The highest BCUT2D eigenvalue weighted by Crippen LogP contribution is 2.31. The maximum absolute atomic E-state index is 13.2. The van der Waals surface area contributed by atoms with E-state index in [9.17, 15) is 14.5 Å². The molecule has 0 saturated heterocycles. The van der Waals surface area contributed by atoms with Gasteiger partial charge in [0.25, 0.3) is 5.69 Å². The first-order valence-electron chi connectivity index (χ1n) is 5.66. The average Bonchev–Trinajstić information content (AvgIpc) is 2.46. The number of benzene rings is 2. The summed E-state index contributed by atoms with van der Waals surface area (Å²) >= 11 is 1.28. The number of thioether (sulfide) groups is 1. The van der Waals surface area contributed by atoms with Gasteiger partial charge in [0.2, 0.25) is 0 Å². The number of para-hydroxylation sites is 1. The lowest BCUT2D eigenvalue weighted by Crippen LogP contribution is -1.91. The predicted octanol–water partition coefficient (Wildman–Crippen LogP) is 3.90. The van der Waals surface area contributed by atoms with Crippen LogP contribution in [-0.4, -0.2) is 4.92 Å². The number of nitro benzene ring substituents is 1. The first-order valence-corrected chi connectivity index (χ1v) is 6.65. The lowest BCUT2D eigenvalue weighted by Gasteiger charge is -2.04. The molecule has 0 spiro atoms. The molecule has 0 bridgehead atoms. The first kappa shape index (κ1) is 14.0. The third-order valence-corrected chi connectivity index (χ3v) is 3.74. The third-order valence-electron chi connectivity index (χ3n) is 2.61. The van der Waals surface area contributed by atoms with Crippen molar-refractivity contribution in [2.24, 2.45) is 0 Å². The van der Waals surface area contributed by atoms with Crippen LogP contribution in [0, 0.1) is 27.3 Å². The van der Waals surface area contributed by atoms with Crippen LogP contribution in [0.3, 0.4) is 0 Å². The molecule has 20 heavy (non-hydrogen) atoms. The Morgan fingerprint density at radius 2 is 2.05 bits per heavy atom. The van der Waals surface area contributed by atoms with Crippen LogP contribution in [0.5, 0.6) is 0 Å². The second-order valence-electron chi connectivity index (χ2n) is 3.94. The summed E-state index contributed by atoms with van der Waals surface area (Å²) in [5.74, 6) is -0.133. The van der Waals surface area contributed by atoms with Crippen molar-refractivity contribution in [3.63, 3.8) is 0 Å². The van der Waals surface area contributed by atoms with Crippen molar-refractivity contribution in [1.29, 1.82) is 5.26 Å². The number of rotatable bonds is 4. The monoisotopic (exact) mass is 288 g/mol. The van der Waals surface area contributed by atoms with E-state index in [0.717, 1.165) is 5.56 Å². The zero-order chi connectivity index (χ0) is 14.5. The van der Waals surface area contributed by atoms with Gasteiger partial charge < -0.3 is 0 Å². The number of hydrogen-bond acceptors (Lipinski definition) is 4. The minimum absolute atomic E-state index is 0.0225. The molecule has 0 heterocycles. The molecule has 4 nitrogen and oxygen atoms in total. The van der Waals surface area contributed by atoms with Gasteiger partial charge in [0, 0.05) is 11.8 Å². The van der Waals surface area contributed by atoms with E-state index in [1.807, 2.05) is 0 Å². The SMILES string of the molecule is N#Cc1cc(CSc2ccccc2[N+](=O)[O-])ccc1F. The van der Waals surface area contributed by atoms with Gasteiger partial charge >= 0.3 is 0 Å². The number of nitrogens with zero attached hydrogens (tertiary/aromatic N) is 2. The average molecular weight is 288 g/mol. The Labute approximate surface area is 119 Å². The molecule has 2 rings (SSSR count). The topological polar surface area (TPSA) is 66.9 Å². The highest BCUT2D eigenvalue weighted by atomic mass is 32.2. The van der Waals surface area contributed by atoms with Gasteiger partial charge in [-0.2, -0.15) is 5.26 Å². The number of nitriles is 1. The number of nitro groups is 1. The summed E-state index contributed by atoms with van der Waals surface area (Å²) in [5, 5.41) is 19.6. The number of hydrogen-bond donors (Lipinski definition) is 0. The highest BCUT2D eigenvalue weighted by Gasteiger charge is 2.13. The fourth-order valence-electron chi connectivity index (χ4n) is 1.64. The summed E-state index contributed by atoms with van der Waals surface area (Å²) < 4.78 is 13.2. The van der Waals surface area contributed by atoms with E-state index in [1.165, 1.54) is 30.0 Å². The van der Waals surface area contributed by atoms with Crippen molar-refractivity contribution < 1.29 is 9.31 Å². The molecule has 0 amide bonds. The van der Waals surface area contributed by atoms with Crippen molar-refractivity contribution in [2.45, 2.75) is 10.6 Å². The second-order valence-corrected chi connectivity index (χ2v) is 4.96. The minimum Gasteiger partial charge on any atom is -0.258 e. The molecule has 0 aliphatic carbocycles. The second kappa shape index (κ2) is 6.17. The van der Waals surface area contributed by atoms with Gasteiger partial charge in [-0.1, -0.05) is 18.2 Å². The Bertz CT molecular complexity index is 698. The Morgan fingerprint density at radius 3 is 2.75 bits per heavy atom. The van der Waals surface area contributed by atoms with Crippen molar-refractivity contribution >= 4 is 17.4 Å². The molecule has 100 valence electrons. The van der Waals surface area contributed by atoms with Crippen LogP contribution in [0.1, 0.15) is 11.1 Å². The maximum Gasteiger partial charge on any atom is 0.282 e. The van der Waals surface area contributed by atoms with E-state index < -0.39 is 10.7 Å². The van der Waals surface area contributed by atoms with Crippen molar-refractivity contribution in [2.75, 3.05) is 0 Å². The van der Waals surface area contributed by atoms with Crippen LogP contribution in [0.2, 0.25) is 0 Å². The Morgan fingerprint density at radius 1 is 1.30 bits per heavy atom. The summed E-state index contributed by atoms with van der Waals surface area (Å²) in [6.07, 6.45) is 0. The van der Waals surface area contributed by atoms with Gasteiger partial charge in [-0.15, -0.1) is 11.8 Å². The molecular weight excluding hydrogens is 279 g/mol. The van der Waals surface area contributed by atoms with Gasteiger partial charge in [0.15, 0.2) is 0 Å². The smallest absolute Gasteiger partial charge is 0.258 e. The van der Waals surface area contributed by atoms with Gasteiger partial charge in [-0.05, 0) is 23.8 Å². The molecule has 0 aliphatic rings. The molecule has 0 aliphatic heterocycles. The summed E-state index contributed by atoms with van der Waals surface area (Å²) in [7, 11) is 0. The van der Waals surface area contributed by atoms with Gasteiger partial charge in [-0.3, -0.25) is 10.1 Å². The van der Waals surface area contributed by atoms with Crippen molar-refractivity contribution in [3.8, 4) is 6.07 Å². The van der Waals surface area contributed by atoms with E-state index in [0.29, 0.717) is 10.6 Å². The summed E-state index contributed by atoms with van der Waals surface area (Å²) in [6.45, 7) is 0. The largest absolute Gasteiger partial charge is 0.282 e. The van der Waals surface area contributed by atoms with Crippen molar-refractivity contribution in [1.82, 2.24) is 0 Å². The van der Waals surface area contributed by atoms with Crippen molar-refractivity contribution in [3.05, 3.63) is 69.5 Å². The molecule has 2 aromatic carbocycles. The van der Waals surface area contributed by atoms with E-state index >= 15 is 0 Å². The zero-order valence-corrected chi connectivity index (χ0v) is 11.1. The molecule has 0 aromatic heterocycles. The highest BCUT2D eigenvalue weighted by molar-refractivity contribution is 7.98. The van der Waals surface area contributed by atoms with E-state index in [-0.39, 0.29) is 11.3 Å². The van der Waals surface area contributed by atoms with Crippen LogP contribution in [0.4, 0.5) is 10.1 Å². The third kappa shape index (κ3) is 3.13. The molecule has 0 saturated carbocycles. The molecule has 0 fully saturated rings. The molecule has 0 radical (unpaired) electrons. The molecular formula is C14H9FN2O2S. The molecule has 6 heteroatoms. The summed E-state index contributed by atoms with van der Waals surface area (Å²) in [6, 6.07) is 12.5. The van der Waals surface area contributed by atoms with Crippen LogP contribution < -0.4 is 0 Å². The van der Waals surface area contributed by atoms with Crippen LogP contribution >= 0.6 is 11.8 Å². The molecule has 0 N–H and O–H groups in total. The quantitative estimate of drug-likeness (QED) is 0.486. The zero-order valence-electron chi connectivity index (χ0n) is 10.2. The maximum atomic E-state index is 13.2.